The summed E-state index contributed by atoms with van der Waals surface area (Å²) >= 11 is 0. The molecule has 30 heavy (non-hydrogen) atoms. The molecule has 0 aliphatic heterocycles. The predicted octanol–water partition coefficient (Wildman–Crippen LogP) is 7.71. The Morgan fingerprint density at radius 2 is 1.60 bits per heavy atom. The number of pyridine rings is 1. The summed E-state index contributed by atoms with van der Waals surface area (Å²) in [5, 5.41) is 0. The Kier molecular flexibility index (Phi) is 7.13. The van der Waals surface area contributed by atoms with Crippen LogP contribution in [0.4, 0.5) is 8.78 Å². The molecule has 0 saturated carbocycles. The lowest BCUT2D eigenvalue weighted by Crippen LogP contribution is -2.48. The normalized spacial score (nSPS) is 20.0. The Balaban J connectivity index is 2.00. The largest absolute Gasteiger partial charge is 0.408 e. The van der Waals surface area contributed by atoms with Crippen molar-refractivity contribution in [2.24, 2.45) is 0 Å². The van der Waals surface area contributed by atoms with Gasteiger partial charge in [0, 0.05) is 6.20 Å². The molecule has 1 aliphatic rings. The molecule has 0 radical (unpaired) electrons. The molecule has 0 bridgehead atoms. The second-order valence-electron chi connectivity index (χ2n) is 9.59. The Labute approximate surface area is 181 Å². The minimum atomic E-state index is -2.10. The van der Waals surface area contributed by atoms with E-state index in [4.69, 9.17) is 9.41 Å². The summed E-state index contributed by atoms with van der Waals surface area (Å²) in [7, 11) is -2.10. The highest BCUT2D eigenvalue weighted by Gasteiger charge is 2.47. The molecule has 1 aromatic heterocycles. The number of fused-ring (bicyclic) bond motifs is 1. The third-order valence-electron chi connectivity index (χ3n) is 6.95. The lowest BCUT2D eigenvalue weighted by Gasteiger charge is -2.44. The van der Waals surface area contributed by atoms with Crippen LogP contribution in [0, 0.1) is 11.6 Å². The molecule has 2 nitrogen and oxygen atoms in total. The summed E-state index contributed by atoms with van der Waals surface area (Å²) in [5.41, 5.74) is 3.96. The van der Waals surface area contributed by atoms with Crippen LogP contribution in [0.1, 0.15) is 83.2 Å². The van der Waals surface area contributed by atoms with Crippen molar-refractivity contribution in [3.05, 3.63) is 65.0 Å². The quantitative estimate of drug-likeness (QED) is 0.345. The summed E-state index contributed by atoms with van der Waals surface area (Å²) in [5.74, 6) is -1.57. The zero-order chi connectivity index (χ0) is 22.1. The minimum absolute atomic E-state index is 0.0783. The van der Waals surface area contributed by atoms with E-state index in [2.05, 4.69) is 47.6 Å². The fourth-order valence-corrected chi connectivity index (χ4v) is 11.2. The summed E-state index contributed by atoms with van der Waals surface area (Å²) in [6.45, 7) is 13.7. The first-order chi connectivity index (χ1) is 14.2. The van der Waals surface area contributed by atoms with Gasteiger partial charge in [0.2, 0.25) is 8.32 Å². The summed E-state index contributed by atoms with van der Waals surface area (Å²) in [4.78, 5) is 4.72. The maximum Gasteiger partial charge on any atom is 0.201 e. The fourth-order valence-electron chi connectivity index (χ4n) is 5.64. The number of rotatable bonds is 6. The van der Waals surface area contributed by atoms with Crippen molar-refractivity contribution in [3.8, 4) is 0 Å². The first-order valence-electron chi connectivity index (χ1n) is 11.2. The van der Waals surface area contributed by atoms with Gasteiger partial charge in [-0.2, -0.15) is 0 Å². The Bertz CT molecular complexity index is 846. The number of benzene rings is 1. The third kappa shape index (κ3) is 4.24. The van der Waals surface area contributed by atoms with Gasteiger partial charge in [-0.25, -0.2) is 8.78 Å². The SMILES string of the molecule is CC(C)[Si](O[C@@H]1CC[C@H](c2cccc(F)c2F)Cc2cccnc21)(C(C)C)C(C)C. The van der Waals surface area contributed by atoms with Crippen LogP contribution in [0.25, 0.3) is 0 Å². The Hall–Kier alpha value is -1.59. The number of halogens is 2. The van der Waals surface area contributed by atoms with E-state index in [-0.39, 0.29) is 12.0 Å². The van der Waals surface area contributed by atoms with Gasteiger partial charge < -0.3 is 4.43 Å². The second kappa shape index (κ2) is 9.27. The van der Waals surface area contributed by atoms with Gasteiger partial charge in [0.15, 0.2) is 11.6 Å². The average Bonchev–Trinajstić information content (AvgIpc) is 2.86. The molecule has 0 spiro atoms. The van der Waals surface area contributed by atoms with Crippen LogP contribution < -0.4 is 0 Å². The lowest BCUT2D eigenvalue weighted by atomic mass is 9.90. The van der Waals surface area contributed by atoms with E-state index < -0.39 is 20.0 Å². The van der Waals surface area contributed by atoms with Crippen LogP contribution in [-0.2, 0) is 10.8 Å². The van der Waals surface area contributed by atoms with Gasteiger partial charge in [-0.1, -0.05) is 59.7 Å². The van der Waals surface area contributed by atoms with E-state index >= 15 is 0 Å². The number of hydrogen-bond acceptors (Lipinski definition) is 2. The van der Waals surface area contributed by atoms with Crippen LogP contribution >= 0.6 is 0 Å². The molecule has 0 amide bonds. The Morgan fingerprint density at radius 3 is 2.23 bits per heavy atom. The van der Waals surface area contributed by atoms with Crippen molar-refractivity contribution in [2.45, 2.75) is 89.5 Å². The maximum atomic E-state index is 14.6. The Morgan fingerprint density at radius 1 is 0.933 bits per heavy atom. The molecule has 2 atom stereocenters. The third-order valence-corrected chi connectivity index (χ3v) is 13.1. The molecule has 164 valence electrons. The molecule has 0 unspecified atom stereocenters. The number of aromatic nitrogens is 1. The van der Waals surface area contributed by atoms with Gasteiger partial charge in [-0.05, 0) is 65.1 Å². The van der Waals surface area contributed by atoms with E-state index in [0.717, 1.165) is 24.1 Å². The predicted molar refractivity (Wildman–Crippen MR) is 121 cm³/mol. The smallest absolute Gasteiger partial charge is 0.201 e. The summed E-state index contributed by atoms with van der Waals surface area (Å²) in [6.07, 6.45) is 3.90. The number of nitrogens with zero attached hydrogens (tertiary/aromatic N) is 1. The van der Waals surface area contributed by atoms with Gasteiger partial charge in [0.05, 0.1) is 11.8 Å². The summed E-state index contributed by atoms with van der Waals surface area (Å²) in [6, 6.07) is 8.50. The van der Waals surface area contributed by atoms with Gasteiger partial charge in [-0.15, -0.1) is 0 Å². The highest BCUT2D eigenvalue weighted by Crippen LogP contribution is 2.47. The maximum absolute atomic E-state index is 14.6. The standard InChI is InChI=1S/C25H35F2NOSi/c1-16(2)30(17(3)4,18(5)6)29-23-13-12-19(15-20-9-8-14-28-25(20)23)21-10-7-11-22(26)24(21)27/h7-11,14,16-19,23H,12-13,15H2,1-6H3/t19-,23+/m0/s1. The highest BCUT2D eigenvalue weighted by atomic mass is 28.4. The number of hydrogen-bond donors (Lipinski definition) is 0. The van der Waals surface area contributed by atoms with E-state index in [1.54, 1.807) is 12.1 Å². The molecule has 3 rings (SSSR count). The zero-order valence-corrected chi connectivity index (χ0v) is 20.1. The van der Waals surface area contributed by atoms with Gasteiger partial charge in [0.1, 0.15) is 0 Å². The molecule has 1 heterocycles. The minimum Gasteiger partial charge on any atom is -0.408 e. The molecule has 0 N–H and O–H groups in total. The van der Waals surface area contributed by atoms with Crippen molar-refractivity contribution in [2.75, 3.05) is 0 Å². The first kappa shape index (κ1) is 23.1. The van der Waals surface area contributed by atoms with Crippen LogP contribution in [0.3, 0.4) is 0 Å². The molecule has 5 heteroatoms. The van der Waals surface area contributed by atoms with Crippen molar-refractivity contribution in [3.63, 3.8) is 0 Å². The molecular formula is C25H35F2NOSi. The van der Waals surface area contributed by atoms with Crippen molar-refractivity contribution in [1.29, 1.82) is 0 Å². The fraction of sp³-hybridized carbons (Fsp3) is 0.560. The van der Waals surface area contributed by atoms with Crippen molar-refractivity contribution < 1.29 is 13.2 Å². The monoisotopic (exact) mass is 431 g/mol. The topological polar surface area (TPSA) is 22.1 Å². The first-order valence-corrected chi connectivity index (χ1v) is 13.4. The van der Waals surface area contributed by atoms with Crippen LogP contribution in [-0.4, -0.2) is 13.3 Å². The van der Waals surface area contributed by atoms with Gasteiger partial charge in [-0.3, -0.25) is 4.98 Å². The van der Waals surface area contributed by atoms with Crippen LogP contribution in [0.5, 0.6) is 0 Å². The molecule has 0 fully saturated rings. The van der Waals surface area contributed by atoms with Crippen LogP contribution in [0.2, 0.25) is 16.6 Å². The van der Waals surface area contributed by atoms with E-state index in [1.807, 2.05) is 12.3 Å². The van der Waals surface area contributed by atoms with E-state index in [9.17, 15) is 8.78 Å². The van der Waals surface area contributed by atoms with Crippen molar-refractivity contribution in [1.82, 2.24) is 4.98 Å². The highest BCUT2D eigenvalue weighted by molar-refractivity contribution is 6.77. The van der Waals surface area contributed by atoms with Gasteiger partial charge >= 0.3 is 0 Å². The molecule has 1 aliphatic carbocycles. The molecule has 1 aromatic carbocycles. The molecule has 2 aromatic rings. The van der Waals surface area contributed by atoms with E-state index in [0.29, 0.717) is 28.6 Å². The molecule has 0 saturated heterocycles. The van der Waals surface area contributed by atoms with Crippen molar-refractivity contribution >= 4 is 8.32 Å². The van der Waals surface area contributed by atoms with Crippen LogP contribution in [0.15, 0.2) is 36.5 Å². The molecular weight excluding hydrogens is 396 g/mol. The van der Waals surface area contributed by atoms with Gasteiger partial charge in [0.25, 0.3) is 0 Å². The average molecular weight is 432 g/mol. The summed E-state index contributed by atoms with van der Waals surface area (Å²) < 4.78 is 35.6. The lowest BCUT2D eigenvalue weighted by molar-refractivity contribution is 0.160. The van der Waals surface area contributed by atoms with E-state index in [1.165, 1.54) is 6.07 Å². The second-order valence-corrected chi connectivity index (χ2v) is 15.0. The zero-order valence-electron chi connectivity index (χ0n) is 19.1.